The fraction of sp³-hybridized carbons (Fsp3) is 0.611. The van der Waals surface area contributed by atoms with Gasteiger partial charge in [-0.3, -0.25) is 4.79 Å². The first-order valence-corrected chi connectivity index (χ1v) is 10.7. The Balaban J connectivity index is 0.00000261. The van der Waals surface area contributed by atoms with Crippen molar-refractivity contribution in [2.24, 2.45) is 5.92 Å². The van der Waals surface area contributed by atoms with Gasteiger partial charge in [-0.05, 0) is 62.4 Å². The van der Waals surface area contributed by atoms with E-state index >= 15 is 0 Å². The van der Waals surface area contributed by atoms with E-state index in [9.17, 15) is 17.6 Å². The Bertz CT molecular complexity index is 718. The highest BCUT2D eigenvalue weighted by atomic mass is 35.5. The summed E-state index contributed by atoms with van der Waals surface area (Å²) in [5, 5.41) is 3.57. The quantitative estimate of drug-likeness (QED) is 0.674. The van der Waals surface area contributed by atoms with Gasteiger partial charge in [0.1, 0.15) is 5.82 Å². The molecule has 0 atom stereocenters. The zero-order chi connectivity index (χ0) is 18.6. The minimum atomic E-state index is -3.72. The summed E-state index contributed by atoms with van der Waals surface area (Å²) >= 11 is 0. The number of nitrogens with one attached hydrogen (secondary N) is 2. The van der Waals surface area contributed by atoms with E-state index in [2.05, 4.69) is 10.0 Å². The molecule has 1 heterocycles. The van der Waals surface area contributed by atoms with Crippen LogP contribution in [0.3, 0.4) is 0 Å². The van der Waals surface area contributed by atoms with Gasteiger partial charge in [-0.1, -0.05) is 0 Å². The third-order valence-corrected chi connectivity index (χ3v) is 6.47. The van der Waals surface area contributed by atoms with E-state index in [1.165, 1.54) is 25.0 Å². The molecule has 2 N–H and O–H groups in total. The van der Waals surface area contributed by atoms with Crippen LogP contribution in [0.15, 0.2) is 29.2 Å². The molecule has 0 bridgehead atoms. The first kappa shape index (κ1) is 22.1. The molecule has 1 saturated carbocycles. The normalized spacial score (nSPS) is 18.2. The molecule has 3 rings (SSSR count). The predicted octanol–water partition coefficient (Wildman–Crippen LogP) is 1.91. The molecule has 6 nitrogen and oxygen atoms in total. The summed E-state index contributed by atoms with van der Waals surface area (Å²) < 4.78 is 39.5. The third-order valence-electron chi connectivity index (χ3n) is 4.99. The number of sulfonamides is 1. The number of likely N-dealkylation sites (tertiary alicyclic amines) is 1. The molecule has 2 fully saturated rings. The van der Waals surface area contributed by atoms with Gasteiger partial charge in [-0.25, -0.2) is 17.5 Å². The summed E-state index contributed by atoms with van der Waals surface area (Å²) in [4.78, 5) is 14.1. The highest BCUT2D eigenvalue weighted by Crippen LogP contribution is 2.28. The monoisotopic (exact) mass is 419 g/mol. The Morgan fingerprint density at radius 2 is 1.74 bits per heavy atom. The van der Waals surface area contributed by atoms with Crippen LogP contribution in [0.2, 0.25) is 0 Å². The zero-order valence-electron chi connectivity index (χ0n) is 15.2. The summed E-state index contributed by atoms with van der Waals surface area (Å²) in [5.41, 5.74) is 0. The van der Waals surface area contributed by atoms with Crippen LogP contribution in [0.4, 0.5) is 4.39 Å². The average molecular weight is 420 g/mol. The number of amides is 1. The van der Waals surface area contributed by atoms with Gasteiger partial charge < -0.3 is 10.2 Å². The summed E-state index contributed by atoms with van der Waals surface area (Å²) in [7, 11) is -3.72. The van der Waals surface area contributed by atoms with Crippen LogP contribution in [0.1, 0.15) is 32.1 Å². The molecule has 0 unspecified atom stereocenters. The Hall–Kier alpha value is -1.22. The van der Waals surface area contributed by atoms with Gasteiger partial charge in [0.05, 0.1) is 4.90 Å². The topological polar surface area (TPSA) is 78.5 Å². The fourth-order valence-corrected chi connectivity index (χ4v) is 4.17. The SMILES string of the molecule is Cl.O=C(CCNS(=O)(=O)c1ccc(F)cc1)N1CCC(NCC2CC2)CC1. The minimum absolute atomic E-state index is 0. The van der Waals surface area contributed by atoms with E-state index < -0.39 is 15.8 Å². The van der Waals surface area contributed by atoms with Crippen molar-refractivity contribution < 1.29 is 17.6 Å². The molecule has 1 aliphatic heterocycles. The standard InChI is InChI=1S/C18H26FN3O3S.ClH/c19-15-3-5-17(6-4-15)26(24,25)21-10-7-18(23)22-11-8-16(9-12-22)20-13-14-1-2-14;/h3-6,14,16,20-21H,1-2,7-13H2;1H. The molecular weight excluding hydrogens is 393 g/mol. The minimum Gasteiger partial charge on any atom is -0.343 e. The second-order valence-corrected chi connectivity index (χ2v) is 8.88. The van der Waals surface area contributed by atoms with Crippen molar-refractivity contribution in [2.75, 3.05) is 26.2 Å². The van der Waals surface area contributed by atoms with Gasteiger partial charge >= 0.3 is 0 Å². The predicted molar refractivity (Wildman–Crippen MR) is 104 cm³/mol. The fourth-order valence-electron chi connectivity index (χ4n) is 3.14. The molecule has 2 aliphatic rings. The summed E-state index contributed by atoms with van der Waals surface area (Å²) in [6, 6.07) is 5.09. The van der Waals surface area contributed by atoms with Crippen LogP contribution >= 0.6 is 12.4 Å². The van der Waals surface area contributed by atoms with Crippen LogP contribution in [-0.2, 0) is 14.8 Å². The maximum Gasteiger partial charge on any atom is 0.240 e. The second-order valence-electron chi connectivity index (χ2n) is 7.11. The molecule has 1 aliphatic carbocycles. The number of rotatable bonds is 8. The first-order chi connectivity index (χ1) is 12.4. The third kappa shape index (κ3) is 6.71. The van der Waals surface area contributed by atoms with Gasteiger partial charge in [-0.2, -0.15) is 0 Å². The number of carbonyl (C=O) groups excluding carboxylic acids is 1. The largest absolute Gasteiger partial charge is 0.343 e. The van der Waals surface area contributed by atoms with E-state index in [1.807, 2.05) is 4.90 Å². The van der Waals surface area contributed by atoms with Crippen molar-refractivity contribution in [1.29, 1.82) is 0 Å². The lowest BCUT2D eigenvalue weighted by Crippen LogP contribution is -2.46. The highest BCUT2D eigenvalue weighted by molar-refractivity contribution is 7.89. The molecule has 1 aromatic rings. The number of hydrogen-bond donors (Lipinski definition) is 2. The smallest absolute Gasteiger partial charge is 0.240 e. The lowest BCUT2D eigenvalue weighted by Gasteiger charge is -2.32. The lowest BCUT2D eigenvalue weighted by atomic mass is 10.0. The van der Waals surface area contributed by atoms with Crippen molar-refractivity contribution in [1.82, 2.24) is 14.9 Å². The molecule has 152 valence electrons. The molecule has 0 radical (unpaired) electrons. The number of carbonyl (C=O) groups is 1. The number of halogens is 2. The Kier molecular flexibility index (Phi) is 8.03. The molecule has 1 aromatic carbocycles. The number of hydrogen-bond acceptors (Lipinski definition) is 4. The number of piperidine rings is 1. The summed E-state index contributed by atoms with van der Waals surface area (Å²) in [5.74, 6) is 0.324. The van der Waals surface area contributed by atoms with Crippen molar-refractivity contribution >= 4 is 28.3 Å². The maximum absolute atomic E-state index is 12.9. The molecule has 9 heteroatoms. The van der Waals surface area contributed by atoms with Crippen LogP contribution < -0.4 is 10.0 Å². The van der Waals surface area contributed by atoms with Crippen LogP contribution in [0.5, 0.6) is 0 Å². The van der Waals surface area contributed by atoms with E-state index in [-0.39, 0.29) is 36.2 Å². The van der Waals surface area contributed by atoms with Crippen LogP contribution in [0.25, 0.3) is 0 Å². The van der Waals surface area contributed by atoms with E-state index in [0.29, 0.717) is 19.1 Å². The summed E-state index contributed by atoms with van der Waals surface area (Å²) in [6.45, 7) is 2.56. The lowest BCUT2D eigenvalue weighted by molar-refractivity contribution is -0.132. The van der Waals surface area contributed by atoms with Gasteiger partial charge in [0.25, 0.3) is 0 Å². The van der Waals surface area contributed by atoms with Crippen LogP contribution in [0, 0.1) is 11.7 Å². The second kappa shape index (κ2) is 9.82. The van der Waals surface area contributed by atoms with Crippen molar-refractivity contribution in [3.63, 3.8) is 0 Å². The summed E-state index contributed by atoms with van der Waals surface area (Å²) in [6.07, 6.45) is 4.68. The van der Waals surface area contributed by atoms with Crippen molar-refractivity contribution in [3.05, 3.63) is 30.1 Å². The van der Waals surface area contributed by atoms with E-state index in [0.717, 1.165) is 37.4 Å². The van der Waals surface area contributed by atoms with E-state index in [1.54, 1.807) is 0 Å². The molecule has 27 heavy (non-hydrogen) atoms. The first-order valence-electron chi connectivity index (χ1n) is 9.20. The Morgan fingerprint density at radius 3 is 2.33 bits per heavy atom. The molecular formula is C18H27ClFN3O3S. The number of nitrogens with zero attached hydrogens (tertiary/aromatic N) is 1. The van der Waals surface area contributed by atoms with Gasteiger partial charge in [0.15, 0.2) is 0 Å². The number of benzene rings is 1. The highest BCUT2D eigenvalue weighted by Gasteiger charge is 2.26. The van der Waals surface area contributed by atoms with E-state index in [4.69, 9.17) is 0 Å². The van der Waals surface area contributed by atoms with Crippen LogP contribution in [-0.4, -0.2) is 51.4 Å². The van der Waals surface area contributed by atoms with Gasteiger partial charge in [-0.15, -0.1) is 12.4 Å². The molecule has 0 aromatic heterocycles. The van der Waals surface area contributed by atoms with Gasteiger partial charge in [0, 0.05) is 32.1 Å². The maximum atomic E-state index is 12.9. The molecule has 1 saturated heterocycles. The van der Waals surface area contributed by atoms with Crippen molar-refractivity contribution in [3.8, 4) is 0 Å². The molecule has 1 amide bonds. The average Bonchev–Trinajstić information content (AvgIpc) is 3.45. The molecule has 0 spiro atoms. The van der Waals surface area contributed by atoms with Gasteiger partial charge in [0.2, 0.25) is 15.9 Å². The Labute approximate surface area is 166 Å². The van der Waals surface area contributed by atoms with Crippen molar-refractivity contribution in [2.45, 2.75) is 43.0 Å². The zero-order valence-corrected chi connectivity index (χ0v) is 16.8. The Morgan fingerprint density at radius 1 is 1.11 bits per heavy atom.